The van der Waals surface area contributed by atoms with Crippen LogP contribution in [0, 0.1) is 6.92 Å². The fraction of sp³-hybridized carbons (Fsp3) is 0.156. The largest absolute Gasteiger partial charge is 0.324 e. The van der Waals surface area contributed by atoms with Crippen LogP contribution >= 0.6 is 15.9 Å². The highest BCUT2D eigenvalue weighted by molar-refractivity contribution is 9.10. The molecule has 0 aliphatic heterocycles. The van der Waals surface area contributed by atoms with Crippen LogP contribution in [-0.2, 0) is 6.54 Å². The molecule has 5 aromatic rings. The minimum atomic E-state index is -0.454. The van der Waals surface area contributed by atoms with Gasteiger partial charge in [-0.25, -0.2) is 4.98 Å². The van der Waals surface area contributed by atoms with Gasteiger partial charge in [-0.15, -0.1) is 0 Å². The van der Waals surface area contributed by atoms with Crippen LogP contribution in [0.4, 0.5) is 0 Å². The van der Waals surface area contributed by atoms with E-state index in [0.29, 0.717) is 35.3 Å². The molecule has 0 aliphatic rings. The summed E-state index contributed by atoms with van der Waals surface area (Å²) in [6.45, 7) is 4.41. The minimum Gasteiger partial charge on any atom is -0.324 e. The number of halogens is 1. The van der Waals surface area contributed by atoms with E-state index in [9.17, 15) is 9.59 Å². The molecule has 0 fully saturated rings. The summed E-state index contributed by atoms with van der Waals surface area (Å²) in [5, 5.41) is 0.543. The van der Waals surface area contributed by atoms with Crippen molar-refractivity contribution < 1.29 is 4.79 Å². The molecule has 0 N–H and O–H groups in total. The lowest BCUT2D eigenvalue weighted by molar-refractivity contribution is 0.0640. The maximum Gasteiger partial charge on any atom is 0.266 e. The van der Waals surface area contributed by atoms with E-state index in [1.807, 2.05) is 116 Å². The van der Waals surface area contributed by atoms with Crippen molar-refractivity contribution in [2.24, 2.45) is 0 Å². The van der Waals surface area contributed by atoms with Gasteiger partial charge in [0.15, 0.2) is 0 Å². The Hall–Kier alpha value is -4.03. The monoisotopic (exact) mass is 565 g/mol. The van der Waals surface area contributed by atoms with Gasteiger partial charge >= 0.3 is 0 Å². The fourth-order valence-corrected chi connectivity index (χ4v) is 5.06. The minimum absolute atomic E-state index is 0.119. The van der Waals surface area contributed by atoms with Crippen LogP contribution in [0.5, 0.6) is 0 Å². The first kappa shape index (κ1) is 25.6. The van der Waals surface area contributed by atoms with E-state index in [4.69, 9.17) is 4.98 Å². The molecule has 0 saturated carbocycles. The lowest BCUT2D eigenvalue weighted by atomic mass is 10.1. The molecule has 5 rings (SSSR count). The normalized spacial score (nSPS) is 11.9. The number of benzene rings is 4. The first-order valence-corrected chi connectivity index (χ1v) is 13.4. The van der Waals surface area contributed by atoms with Gasteiger partial charge in [0, 0.05) is 16.6 Å². The Morgan fingerprint density at radius 1 is 0.921 bits per heavy atom. The van der Waals surface area contributed by atoms with Gasteiger partial charge in [-0.3, -0.25) is 14.2 Å². The van der Waals surface area contributed by atoms with Crippen molar-refractivity contribution >= 4 is 32.7 Å². The van der Waals surface area contributed by atoms with Crippen LogP contribution in [0.15, 0.2) is 112 Å². The third-order valence-corrected chi connectivity index (χ3v) is 7.20. The zero-order valence-corrected chi connectivity index (χ0v) is 22.9. The molecule has 1 aromatic heterocycles. The van der Waals surface area contributed by atoms with E-state index in [1.165, 1.54) is 0 Å². The molecular weight excluding hydrogens is 538 g/mol. The average molecular weight is 566 g/mol. The molecule has 38 heavy (non-hydrogen) atoms. The molecule has 0 aliphatic carbocycles. The summed E-state index contributed by atoms with van der Waals surface area (Å²) in [6.07, 6.45) is 0.575. The quantitative estimate of drug-likeness (QED) is 0.209. The topological polar surface area (TPSA) is 55.2 Å². The fourth-order valence-electron chi connectivity index (χ4n) is 4.79. The van der Waals surface area contributed by atoms with Gasteiger partial charge in [-0.05, 0) is 73.0 Å². The Labute approximate surface area is 230 Å². The van der Waals surface area contributed by atoms with E-state index >= 15 is 0 Å². The van der Waals surface area contributed by atoms with Gasteiger partial charge in [-0.2, -0.15) is 0 Å². The van der Waals surface area contributed by atoms with Crippen molar-refractivity contribution in [3.8, 4) is 5.69 Å². The number of amides is 1. The van der Waals surface area contributed by atoms with Gasteiger partial charge in [0.2, 0.25) is 0 Å². The lowest BCUT2D eigenvalue weighted by Crippen LogP contribution is -2.38. The SMILES string of the molecule is CCC(c1nc2ccccc2c(=O)n1-c1cccc(C)c1)N(Cc1ccccc1)C(=O)c1ccc(Br)cc1. The van der Waals surface area contributed by atoms with Gasteiger partial charge in [0.25, 0.3) is 11.5 Å². The number of aryl methyl sites for hydroxylation is 1. The Morgan fingerprint density at radius 3 is 2.34 bits per heavy atom. The number of aromatic nitrogens is 2. The van der Waals surface area contributed by atoms with Crippen molar-refractivity contribution in [3.05, 3.63) is 140 Å². The van der Waals surface area contributed by atoms with Crippen LogP contribution in [0.1, 0.15) is 46.7 Å². The third-order valence-electron chi connectivity index (χ3n) is 6.67. The van der Waals surface area contributed by atoms with Crippen molar-refractivity contribution in [1.29, 1.82) is 0 Å². The number of para-hydroxylation sites is 1. The second-order valence-electron chi connectivity index (χ2n) is 9.32. The Bertz CT molecular complexity index is 1650. The number of hydrogen-bond acceptors (Lipinski definition) is 3. The second kappa shape index (κ2) is 11.2. The molecule has 5 nitrogen and oxygen atoms in total. The highest BCUT2D eigenvalue weighted by atomic mass is 79.9. The first-order chi connectivity index (χ1) is 18.5. The summed E-state index contributed by atoms with van der Waals surface area (Å²) in [5.41, 5.74) is 3.82. The number of fused-ring (bicyclic) bond motifs is 1. The summed E-state index contributed by atoms with van der Waals surface area (Å²) in [6, 6.07) is 32.0. The Balaban J connectivity index is 1.73. The van der Waals surface area contributed by atoms with Crippen molar-refractivity contribution in [1.82, 2.24) is 14.5 Å². The molecule has 0 radical (unpaired) electrons. The summed E-state index contributed by atoms with van der Waals surface area (Å²) in [7, 11) is 0. The van der Waals surface area contributed by atoms with Crippen LogP contribution in [0.25, 0.3) is 16.6 Å². The smallest absolute Gasteiger partial charge is 0.266 e. The van der Waals surface area contributed by atoms with Gasteiger partial charge in [0.05, 0.1) is 22.6 Å². The van der Waals surface area contributed by atoms with E-state index < -0.39 is 6.04 Å². The second-order valence-corrected chi connectivity index (χ2v) is 10.2. The Morgan fingerprint density at radius 2 is 1.63 bits per heavy atom. The first-order valence-electron chi connectivity index (χ1n) is 12.7. The maximum absolute atomic E-state index is 14.1. The zero-order chi connectivity index (χ0) is 26.6. The van der Waals surface area contributed by atoms with E-state index in [0.717, 1.165) is 21.3 Å². The molecule has 1 heterocycles. The predicted molar refractivity (Wildman–Crippen MR) is 156 cm³/mol. The van der Waals surface area contributed by atoms with Crippen LogP contribution in [-0.4, -0.2) is 20.4 Å². The van der Waals surface area contributed by atoms with E-state index in [1.54, 1.807) is 10.6 Å². The highest BCUT2D eigenvalue weighted by Crippen LogP contribution is 2.29. The lowest BCUT2D eigenvalue weighted by Gasteiger charge is -2.32. The number of hydrogen-bond donors (Lipinski definition) is 0. The zero-order valence-electron chi connectivity index (χ0n) is 21.3. The molecule has 1 unspecified atom stereocenters. The van der Waals surface area contributed by atoms with E-state index in [-0.39, 0.29) is 11.5 Å². The summed E-state index contributed by atoms with van der Waals surface area (Å²) >= 11 is 3.46. The molecule has 1 amide bonds. The van der Waals surface area contributed by atoms with Gasteiger partial charge in [-0.1, -0.05) is 77.5 Å². The molecule has 0 saturated heterocycles. The number of carbonyl (C=O) groups excluding carboxylic acids is 1. The van der Waals surface area contributed by atoms with Gasteiger partial charge < -0.3 is 4.90 Å². The number of nitrogens with zero attached hydrogens (tertiary/aromatic N) is 3. The van der Waals surface area contributed by atoms with Crippen molar-refractivity contribution in [2.45, 2.75) is 32.9 Å². The summed E-state index contributed by atoms with van der Waals surface area (Å²) < 4.78 is 2.58. The molecule has 1 atom stereocenters. The Kier molecular flexibility index (Phi) is 7.52. The average Bonchev–Trinajstić information content (AvgIpc) is 2.94. The molecule has 0 spiro atoms. The molecule has 190 valence electrons. The van der Waals surface area contributed by atoms with Crippen LogP contribution in [0.2, 0.25) is 0 Å². The number of rotatable bonds is 7. The maximum atomic E-state index is 14.1. The summed E-state index contributed by atoms with van der Waals surface area (Å²) in [5.74, 6) is 0.426. The van der Waals surface area contributed by atoms with Crippen LogP contribution < -0.4 is 5.56 Å². The molecule has 6 heteroatoms. The van der Waals surface area contributed by atoms with Crippen molar-refractivity contribution in [3.63, 3.8) is 0 Å². The highest BCUT2D eigenvalue weighted by Gasteiger charge is 2.30. The van der Waals surface area contributed by atoms with Crippen LogP contribution in [0.3, 0.4) is 0 Å². The molecule has 4 aromatic carbocycles. The third kappa shape index (κ3) is 5.18. The van der Waals surface area contributed by atoms with Crippen molar-refractivity contribution in [2.75, 3.05) is 0 Å². The number of carbonyl (C=O) groups is 1. The standard InChI is InChI=1S/C32H28BrN3O2/c1-3-29(35(21-23-11-5-4-6-12-23)31(37)24-16-18-25(33)19-17-24)30-34-28-15-8-7-14-27(28)32(38)36(30)26-13-9-10-22(2)20-26/h4-20,29H,3,21H2,1-2H3. The van der Waals surface area contributed by atoms with E-state index in [2.05, 4.69) is 15.9 Å². The molecular formula is C32H28BrN3O2. The molecule has 0 bridgehead atoms. The predicted octanol–water partition coefficient (Wildman–Crippen LogP) is 7.25. The summed E-state index contributed by atoms with van der Waals surface area (Å²) in [4.78, 5) is 34.9. The van der Waals surface area contributed by atoms with Gasteiger partial charge in [0.1, 0.15) is 5.82 Å².